The van der Waals surface area contributed by atoms with Gasteiger partial charge in [-0.05, 0) is 32.0 Å². The first-order valence-corrected chi connectivity index (χ1v) is 5.58. The summed E-state index contributed by atoms with van der Waals surface area (Å²) in [7, 11) is 1.51. The van der Waals surface area contributed by atoms with Gasteiger partial charge < -0.3 is 14.8 Å². The molecule has 0 aromatic heterocycles. The van der Waals surface area contributed by atoms with Crippen molar-refractivity contribution in [3.05, 3.63) is 23.8 Å². The minimum Gasteiger partial charge on any atom is -0.493 e. The van der Waals surface area contributed by atoms with Crippen molar-refractivity contribution in [3.8, 4) is 17.6 Å². The van der Waals surface area contributed by atoms with E-state index in [4.69, 9.17) is 14.7 Å². The number of nitrogens with one attached hydrogen (secondary N) is 1. The van der Waals surface area contributed by atoms with E-state index < -0.39 is 0 Å². The number of carbonyl (C=O) groups is 1. The van der Waals surface area contributed by atoms with Crippen LogP contribution in [0.25, 0.3) is 0 Å². The number of rotatable bonds is 5. The number of methoxy groups -OCH3 is 1. The molecule has 0 atom stereocenters. The molecule has 18 heavy (non-hydrogen) atoms. The van der Waals surface area contributed by atoms with E-state index in [1.807, 2.05) is 19.9 Å². The zero-order chi connectivity index (χ0) is 13.5. The molecule has 1 aromatic rings. The lowest BCUT2D eigenvalue weighted by atomic mass is 10.2. The SMILES string of the molecule is COc1cc(C(=O)NCC#N)ccc1OC(C)C. The Bertz CT molecular complexity index is 464. The van der Waals surface area contributed by atoms with E-state index in [2.05, 4.69) is 5.32 Å². The van der Waals surface area contributed by atoms with Crippen LogP contribution in [-0.4, -0.2) is 25.7 Å². The fourth-order valence-electron chi connectivity index (χ4n) is 1.38. The summed E-state index contributed by atoms with van der Waals surface area (Å²) in [4.78, 5) is 11.6. The molecular formula is C13H16N2O3. The predicted molar refractivity (Wildman–Crippen MR) is 66.7 cm³/mol. The van der Waals surface area contributed by atoms with Crippen LogP contribution < -0.4 is 14.8 Å². The number of hydrogen-bond acceptors (Lipinski definition) is 4. The summed E-state index contributed by atoms with van der Waals surface area (Å²) in [6, 6.07) is 6.75. The first kappa shape index (κ1) is 13.8. The van der Waals surface area contributed by atoms with E-state index in [1.54, 1.807) is 18.2 Å². The Morgan fingerprint density at radius 2 is 2.17 bits per heavy atom. The number of nitriles is 1. The minimum atomic E-state index is -0.314. The maximum Gasteiger partial charge on any atom is 0.252 e. The average molecular weight is 248 g/mol. The molecular weight excluding hydrogens is 232 g/mol. The molecule has 0 unspecified atom stereocenters. The predicted octanol–water partition coefficient (Wildman–Crippen LogP) is 1.74. The number of benzene rings is 1. The summed E-state index contributed by atoms with van der Waals surface area (Å²) < 4.78 is 10.7. The second-order valence-corrected chi connectivity index (χ2v) is 3.87. The summed E-state index contributed by atoms with van der Waals surface area (Å²) in [5.41, 5.74) is 0.429. The molecule has 1 rings (SSSR count). The van der Waals surface area contributed by atoms with Crippen molar-refractivity contribution in [1.29, 1.82) is 5.26 Å². The molecule has 1 aromatic carbocycles. The lowest BCUT2D eigenvalue weighted by molar-refractivity contribution is 0.0958. The van der Waals surface area contributed by atoms with Gasteiger partial charge in [0.1, 0.15) is 6.54 Å². The molecule has 96 valence electrons. The molecule has 0 spiro atoms. The van der Waals surface area contributed by atoms with Crippen LogP contribution in [-0.2, 0) is 0 Å². The smallest absolute Gasteiger partial charge is 0.252 e. The van der Waals surface area contributed by atoms with Gasteiger partial charge in [-0.25, -0.2) is 0 Å². The molecule has 0 saturated carbocycles. The highest BCUT2D eigenvalue weighted by molar-refractivity contribution is 5.95. The highest BCUT2D eigenvalue weighted by Crippen LogP contribution is 2.28. The third-order valence-electron chi connectivity index (χ3n) is 2.12. The number of ether oxygens (including phenoxy) is 2. The topological polar surface area (TPSA) is 71.3 Å². The third kappa shape index (κ3) is 3.67. The fraction of sp³-hybridized carbons (Fsp3) is 0.385. The van der Waals surface area contributed by atoms with Crippen LogP contribution >= 0.6 is 0 Å². The molecule has 0 aliphatic carbocycles. The van der Waals surface area contributed by atoms with Crippen molar-refractivity contribution in [2.75, 3.05) is 13.7 Å². The number of carbonyl (C=O) groups excluding carboxylic acids is 1. The van der Waals surface area contributed by atoms with Crippen molar-refractivity contribution < 1.29 is 14.3 Å². The maximum atomic E-state index is 11.6. The fourth-order valence-corrected chi connectivity index (χ4v) is 1.38. The van der Waals surface area contributed by atoms with Gasteiger partial charge in [0.15, 0.2) is 11.5 Å². The van der Waals surface area contributed by atoms with Crippen molar-refractivity contribution in [1.82, 2.24) is 5.32 Å². The zero-order valence-corrected chi connectivity index (χ0v) is 10.7. The molecule has 1 N–H and O–H groups in total. The Morgan fingerprint density at radius 1 is 1.44 bits per heavy atom. The highest BCUT2D eigenvalue weighted by Gasteiger charge is 2.11. The van der Waals surface area contributed by atoms with Gasteiger partial charge in [0.2, 0.25) is 0 Å². The van der Waals surface area contributed by atoms with Crippen LogP contribution in [0.2, 0.25) is 0 Å². The van der Waals surface area contributed by atoms with E-state index >= 15 is 0 Å². The number of nitrogens with zero attached hydrogens (tertiary/aromatic N) is 1. The van der Waals surface area contributed by atoms with E-state index in [-0.39, 0.29) is 18.6 Å². The first-order chi connectivity index (χ1) is 8.58. The van der Waals surface area contributed by atoms with Crippen LogP contribution in [0.1, 0.15) is 24.2 Å². The van der Waals surface area contributed by atoms with Gasteiger partial charge in [-0.15, -0.1) is 0 Å². The van der Waals surface area contributed by atoms with E-state index in [0.717, 1.165) is 0 Å². The quantitative estimate of drug-likeness (QED) is 0.805. The van der Waals surface area contributed by atoms with Crippen LogP contribution in [0, 0.1) is 11.3 Å². The molecule has 5 heteroatoms. The first-order valence-electron chi connectivity index (χ1n) is 5.58. The van der Waals surface area contributed by atoms with Crippen molar-refractivity contribution >= 4 is 5.91 Å². The summed E-state index contributed by atoms with van der Waals surface area (Å²) in [6.45, 7) is 3.80. The molecule has 0 saturated heterocycles. The van der Waals surface area contributed by atoms with Gasteiger partial charge in [-0.3, -0.25) is 4.79 Å². The van der Waals surface area contributed by atoms with Gasteiger partial charge in [0.25, 0.3) is 5.91 Å². The summed E-state index contributed by atoms with van der Waals surface area (Å²) >= 11 is 0. The van der Waals surface area contributed by atoms with Gasteiger partial charge in [-0.1, -0.05) is 0 Å². The second-order valence-electron chi connectivity index (χ2n) is 3.87. The standard InChI is InChI=1S/C13H16N2O3/c1-9(2)18-11-5-4-10(8-12(11)17-3)13(16)15-7-6-14/h4-5,8-9H,7H2,1-3H3,(H,15,16). The normalized spacial score (nSPS) is 9.72. The summed E-state index contributed by atoms with van der Waals surface area (Å²) in [5, 5.41) is 10.9. The van der Waals surface area contributed by atoms with Gasteiger partial charge >= 0.3 is 0 Å². The van der Waals surface area contributed by atoms with Crippen LogP contribution in [0.5, 0.6) is 11.5 Å². The summed E-state index contributed by atoms with van der Waals surface area (Å²) in [6.07, 6.45) is 0.0252. The van der Waals surface area contributed by atoms with E-state index in [0.29, 0.717) is 17.1 Å². The highest BCUT2D eigenvalue weighted by atomic mass is 16.5. The monoisotopic (exact) mass is 248 g/mol. The van der Waals surface area contributed by atoms with Gasteiger partial charge in [-0.2, -0.15) is 5.26 Å². The van der Waals surface area contributed by atoms with Crippen LogP contribution in [0.3, 0.4) is 0 Å². The Balaban J connectivity index is 2.91. The zero-order valence-electron chi connectivity index (χ0n) is 10.7. The van der Waals surface area contributed by atoms with Crippen molar-refractivity contribution in [3.63, 3.8) is 0 Å². The number of hydrogen-bond donors (Lipinski definition) is 1. The van der Waals surface area contributed by atoms with Gasteiger partial charge in [0.05, 0.1) is 19.3 Å². The lowest BCUT2D eigenvalue weighted by Crippen LogP contribution is -2.23. The Hall–Kier alpha value is -2.22. The van der Waals surface area contributed by atoms with E-state index in [9.17, 15) is 4.79 Å². The molecule has 0 fully saturated rings. The van der Waals surface area contributed by atoms with E-state index in [1.165, 1.54) is 7.11 Å². The third-order valence-corrected chi connectivity index (χ3v) is 2.12. The second kappa shape index (κ2) is 6.50. The Kier molecular flexibility index (Phi) is 5.00. The number of amides is 1. The Morgan fingerprint density at radius 3 is 2.72 bits per heavy atom. The molecule has 5 nitrogen and oxygen atoms in total. The molecule has 0 radical (unpaired) electrons. The van der Waals surface area contributed by atoms with Crippen molar-refractivity contribution in [2.45, 2.75) is 20.0 Å². The van der Waals surface area contributed by atoms with Crippen LogP contribution in [0.4, 0.5) is 0 Å². The molecule has 0 heterocycles. The molecule has 0 bridgehead atoms. The molecule has 0 aliphatic rings. The van der Waals surface area contributed by atoms with Gasteiger partial charge in [0, 0.05) is 5.56 Å². The maximum absolute atomic E-state index is 11.6. The van der Waals surface area contributed by atoms with Crippen molar-refractivity contribution in [2.24, 2.45) is 0 Å². The van der Waals surface area contributed by atoms with Crippen LogP contribution in [0.15, 0.2) is 18.2 Å². The average Bonchev–Trinajstić information content (AvgIpc) is 2.35. The molecule has 1 amide bonds. The largest absolute Gasteiger partial charge is 0.493 e. The summed E-state index contributed by atoms with van der Waals surface area (Å²) in [5.74, 6) is 0.767. The lowest BCUT2D eigenvalue weighted by Gasteiger charge is -2.14. The molecule has 0 aliphatic heterocycles. The Labute approximate surface area is 106 Å². The minimum absolute atomic E-state index is 0.0224.